The molecule has 0 N–H and O–H groups in total. The van der Waals surface area contributed by atoms with Crippen LogP contribution in [-0.4, -0.2) is 37.7 Å². The van der Waals surface area contributed by atoms with E-state index in [2.05, 4.69) is 0 Å². The lowest BCUT2D eigenvalue weighted by molar-refractivity contribution is 0.398. The number of hydrogen-bond acceptors (Lipinski definition) is 4. The van der Waals surface area contributed by atoms with Crippen LogP contribution in [0.25, 0.3) is 10.1 Å². The van der Waals surface area contributed by atoms with Gasteiger partial charge < -0.3 is 0 Å². The Morgan fingerprint density at radius 3 is 2.57 bits per heavy atom. The van der Waals surface area contributed by atoms with E-state index in [0.717, 1.165) is 23.6 Å². The zero-order valence-corrected chi connectivity index (χ0v) is 14.0. The van der Waals surface area contributed by atoms with Crippen LogP contribution in [0.5, 0.6) is 0 Å². The number of rotatable bonds is 5. The molecular formula is C13H14ClN3O2S2. The Labute approximate surface area is 133 Å². The van der Waals surface area contributed by atoms with E-state index in [1.54, 1.807) is 0 Å². The highest BCUT2D eigenvalue weighted by molar-refractivity contribution is 7.86. The second kappa shape index (κ2) is 6.30. The Morgan fingerprint density at radius 2 is 2.00 bits per heavy atom. The summed E-state index contributed by atoms with van der Waals surface area (Å²) in [7, 11) is -0.788. The Morgan fingerprint density at radius 1 is 1.33 bits per heavy atom. The van der Waals surface area contributed by atoms with E-state index in [0.29, 0.717) is 5.02 Å². The second-order valence-electron chi connectivity index (χ2n) is 4.55. The topological polar surface area (TPSA) is 64.4 Å². The van der Waals surface area contributed by atoms with Gasteiger partial charge in [-0.3, -0.25) is 0 Å². The zero-order chi connectivity index (χ0) is 15.6. The van der Waals surface area contributed by atoms with Crippen molar-refractivity contribution in [2.75, 3.05) is 20.6 Å². The largest absolute Gasteiger partial charge is 0.282 e. The Bertz CT molecular complexity index is 793. The maximum atomic E-state index is 12.2. The molecule has 0 aliphatic rings. The molecule has 112 valence electrons. The zero-order valence-electron chi connectivity index (χ0n) is 11.6. The lowest BCUT2D eigenvalue weighted by atomic mass is 10.2. The minimum absolute atomic E-state index is 0.0895. The van der Waals surface area contributed by atoms with Gasteiger partial charge in [-0.2, -0.15) is 22.3 Å². The molecule has 1 aromatic heterocycles. The smallest absolute Gasteiger partial charge is 0.197 e. The third-order valence-corrected chi connectivity index (χ3v) is 6.49. The molecule has 0 amide bonds. The van der Waals surface area contributed by atoms with Gasteiger partial charge in [0.2, 0.25) is 0 Å². The van der Waals surface area contributed by atoms with Gasteiger partial charge in [-0.15, -0.1) is 11.3 Å². The maximum Gasteiger partial charge on any atom is 0.282 e. The third-order valence-electron chi connectivity index (χ3n) is 2.96. The molecule has 8 heteroatoms. The maximum absolute atomic E-state index is 12.2. The molecule has 0 saturated heterocycles. The first kappa shape index (κ1) is 16.2. The van der Waals surface area contributed by atoms with Crippen LogP contribution in [0.4, 0.5) is 0 Å². The Kier molecular flexibility index (Phi) is 4.86. The fourth-order valence-corrected chi connectivity index (χ4v) is 4.42. The lowest BCUT2D eigenvalue weighted by Gasteiger charge is -2.22. The van der Waals surface area contributed by atoms with Gasteiger partial charge in [0.05, 0.1) is 17.6 Å². The van der Waals surface area contributed by atoms with Crippen molar-refractivity contribution in [3.8, 4) is 6.07 Å². The summed E-state index contributed by atoms with van der Waals surface area (Å²) in [5, 5.41) is 10.3. The van der Waals surface area contributed by atoms with Crippen molar-refractivity contribution in [2.45, 2.75) is 6.54 Å². The second-order valence-corrected chi connectivity index (χ2v) is 8.21. The van der Waals surface area contributed by atoms with Crippen molar-refractivity contribution in [2.24, 2.45) is 0 Å². The molecular weight excluding hydrogens is 330 g/mol. The molecule has 21 heavy (non-hydrogen) atoms. The molecule has 0 bridgehead atoms. The summed E-state index contributed by atoms with van der Waals surface area (Å²) in [5.74, 6) is 0. The van der Waals surface area contributed by atoms with Crippen molar-refractivity contribution in [3.63, 3.8) is 0 Å². The lowest BCUT2D eigenvalue weighted by Crippen LogP contribution is -2.39. The number of thiophene rings is 1. The van der Waals surface area contributed by atoms with Crippen molar-refractivity contribution >= 4 is 43.2 Å². The van der Waals surface area contributed by atoms with Crippen LogP contribution in [0, 0.1) is 11.3 Å². The van der Waals surface area contributed by atoms with Gasteiger partial charge in [-0.1, -0.05) is 29.8 Å². The van der Waals surface area contributed by atoms with Crippen LogP contribution in [0.2, 0.25) is 5.02 Å². The molecule has 0 radical (unpaired) electrons. The highest BCUT2D eigenvalue weighted by Crippen LogP contribution is 2.36. The van der Waals surface area contributed by atoms with Gasteiger partial charge in [0.15, 0.2) is 0 Å². The summed E-state index contributed by atoms with van der Waals surface area (Å²) in [6, 6.07) is 9.50. The third kappa shape index (κ3) is 3.20. The summed E-state index contributed by atoms with van der Waals surface area (Å²) >= 11 is 7.76. The summed E-state index contributed by atoms with van der Waals surface area (Å²) in [6.45, 7) is -0.128. The molecule has 0 aliphatic carbocycles. The first-order chi connectivity index (χ1) is 9.87. The van der Waals surface area contributed by atoms with Crippen molar-refractivity contribution in [1.82, 2.24) is 8.61 Å². The first-order valence-corrected chi connectivity index (χ1v) is 8.67. The molecule has 0 fully saturated rings. The SMILES string of the molecule is CN(C)S(=O)(=O)N(CC#N)Cc1sc2ccccc2c1Cl. The minimum Gasteiger partial charge on any atom is -0.197 e. The van der Waals surface area contributed by atoms with E-state index in [1.165, 1.54) is 25.4 Å². The molecule has 0 saturated carbocycles. The average molecular weight is 344 g/mol. The van der Waals surface area contributed by atoms with Gasteiger partial charge in [0.25, 0.3) is 10.2 Å². The highest BCUT2D eigenvalue weighted by Gasteiger charge is 2.26. The van der Waals surface area contributed by atoms with Crippen LogP contribution in [0.15, 0.2) is 24.3 Å². The van der Waals surface area contributed by atoms with Gasteiger partial charge in [-0.25, -0.2) is 0 Å². The number of nitrogens with zero attached hydrogens (tertiary/aromatic N) is 3. The fourth-order valence-electron chi connectivity index (χ4n) is 1.86. The van der Waals surface area contributed by atoms with Crippen LogP contribution in [-0.2, 0) is 16.8 Å². The normalized spacial score (nSPS) is 12.2. The average Bonchev–Trinajstić information content (AvgIpc) is 2.75. The fraction of sp³-hybridized carbons (Fsp3) is 0.308. The van der Waals surface area contributed by atoms with Gasteiger partial charge in [0, 0.05) is 29.1 Å². The monoisotopic (exact) mass is 343 g/mol. The predicted octanol–water partition coefficient (Wildman–Crippen LogP) is 2.69. The molecule has 0 aliphatic heterocycles. The van der Waals surface area contributed by atoms with Gasteiger partial charge in [-0.05, 0) is 6.07 Å². The quantitative estimate of drug-likeness (QED) is 0.784. The molecule has 1 heterocycles. The molecule has 2 rings (SSSR count). The summed E-state index contributed by atoms with van der Waals surface area (Å²) < 4.78 is 27.6. The van der Waals surface area contributed by atoms with E-state index < -0.39 is 10.2 Å². The van der Waals surface area contributed by atoms with E-state index in [-0.39, 0.29) is 13.1 Å². The standard InChI is InChI=1S/C13H14ClN3O2S2/c1-16(2)21(18,19)17(8-7-15)9-12-13(14)10-5-3-4-6-11(10)20-12/h3-6H,8-9H2,1-2H3. The highest BCUT2D eigenvalue weighted by atomic mass is 35.5. The van der Waals surface area contributed by atoms with Gasteiger partial charge >= 0.3 is 0 Å². The van der Waals surface area contributed by atoms with Crippen LogP contribution in [0.1, 0.15) is 4.88 Å². The van der Waals surface area contributed by atoms with E-state index in [9.17, 15) is 8.42 Å². The number of nitriles is 1. The van der Waals surface area contributed by atoms with Crippen LogP contribution in [0.3, 0.4) is 0 Å². The molecule has 0 spiro atoms. The van der Waals surface area contributed by atoms with Crippen molar-refractivity contribution < 1.29 is 8.42 Å². The molecule has 0 atom stereocenters. The summed E-state index contributed by atoms with van der Waals surface area (Å²) in [4.78, 5) is 0.735. The Balaban J connectivity index is 2.41. The number of hydrogen-bond donors (Lipinski definition) is 0. The summed E-state index contributed by atoms with van der Waals surface area (Å²) in [5.41, 5.74) is 0. The van der Waals surface area contributed by atoms with E-state index >= 15 is 0 Å². The van der Waals surface area contributed by atoms with Crippen LogP contribution < -0.4 is 0 Å². The minimum atomic E-state index is -3.66. The van der Waals surface area contributed by atoms with E-state index in [4.69, 9.17) is 16.9 Å². The predicted molar refractivity (Wildman–Crippen MR) is 85.5 cm³/mol. The summed E-state index contributed by atoms with van der Waals surface area (Å²) in [6.07, 6.45) is 0. The van der Waals surface area contributed by atoms with Crippen molar-refractivity contribution in [1.29, 1.82) is 5.26 Å². The van der Waals surface area contributed by atoms with Gasteiger partial charge in [0.1, 0.15) is 6.54 Å². The molecule has 5 nitrogen and oxygen atoms in total. The number of halogens is 1. The van der Waals surface area contributed by atoms with Crippen molar-refractivity contribution in [3.05, 3.63) is 34.2 Å². The molecule has 0 unspecified atom stereocenters. The number of benzene rings is 1. The molecule has 1 aromatic carbocycles. The van der Waals surface area contributed by atoms with E-state index in [1.807, 2.05) is 30.3 Å². The Hall–Kier alpha value is -1.17. The van der Waals surface area contributed by atoms with Crippen LogP contribution >= 0.6 is 22.9 Å². The first-order valence-electron chi connectivity index (χ1n) is 6.08. The number of fused-ring (bicyclic) bond motifs is 1. The molecule has 2 aromatic rings.